The summed E-state index contributed by atoms with van der Waals surface area (Å²) >= 11 is 0. The normalized spacial score (nSPS) is 40.1. The molecule has 1 aromatic rings. The molecule has 0 amide bonds. The maximum Gasteiger partial charge on any atom is 0.241 e. The zero-order valence-electron chi connectivity index (χ0n) is 12.3. The summed E-state index contributed by atoms with van der Waals surface area (Å²) in [6, 6.07) is 4.88. The monoisotopic (exact) mass is 325 g/mol. The van der Waals surface area contributed by atoms with Gasteiger partial charge >= 0.3 is 0 Å². The molecule has 4 aliphatic rings. The van der Waals surface area contributed by atoms with E-state index in [0.29, 0.717) is 18.3 Å². The van der Waals surface area contributed by atoms with Crippen LogP contribution in [0.4, 0.5) is 4.39 Å². The Labute approximate surface area is 129 Å². The number of nitrogens with one attached hydrogen (secondary N) is 1. The molecule has 0 heterocycles. The van der Waals surface area contributed by atoms with Gasteiger partial charge in [0, 0.05) is 5.54 Å². The van der Waals surface area contributed by atoms with E-state index in [1.807, 2.05) is 0 Å². The third-order valence-electron chi connectivity index (χ3n) is 5.51. The maximum absolute atomic E-state index is 13.0. The molecule has 1 aromatic carbocycles. The molecule has 0 aliphatic heterocycles. The highest BCUT2D eigenvalue weighted by atomic mass is 32.2. The minimum absolute atomic E-state index is 0.0802. The van der Waals surface area contributed by atoms with Crippen molar-refractivity contribution < 1.29 is 17.9 Å². The van der Waals surface area contributed by atoms with Gasteiger partial charge < -0.3 is 5.11 Å². The Kier molecular flexibility index (Phi) is 3.00. The maximum atomic E-state index is 13.0. The van der Waals surface area contributed by atoms with Crippen molar-refractivity contribution in [2.75, 3.05) is 0 Å². The minimum Gasteiger partial charge on any atom is -0.390 e. The summed E-state index contributed by atoms with van der Waals surface area (Å²) in [5, 5.41) is 10.7. The number of halogens is 1. The smallest absolute Gasteiger partial charge is 0.241 e. The van der Waals surface area contributed by atoms with Crippen LogP contribution in [0.5, 0.6) is 0 Å². The van der Waals surface area contributed by atoms with Gasteiger partial charge in [-0.05, 0) is 74.6 Å². The zero-order valence-corrected chi connectivity index (χ0v) is 13.1. The van der Waals surface area contributed by atoms with E-state index in [9.17, 15) is 17.9 Å². The highest BCUT2D eigenvalue weighted by Gasteiger charge is 2.58. The molecule has 4 saturated carbocycles. The first-order chi connectivity index (χ1) is 10.3. The molecule has 22 heavy (non-hydrogen) atoms. The van der Waals surface area contributed by atoms with Crippen LogP contribution in [0, 0.1) is 17.7 Å². The number of rotatable bonds is 3. The first-order valence-electron chi connectivity index (χ1n) is 7.80. The molecule has 4 fully saturated rings. The Balaban J connectivity index is 1.64. The van der Waals surface area contributed by atoms with E-state index >= 15 is 0 Å². The minimum atomic E-state index is -3.69. The topological polar surface area (TPSA) is 66.4 Å². The van der Waals surface area contributed by atoms with E-state index in [2.05, 4.69) is 4.72 Å². The molecule has 2 unspecified atom stereocenters. The first kappa shape index (κ1) is 14.6. The van der Waals surface area contributed by atoms with E-state index in [1.54, 1.807) is 0 Å². The lowest BCUT2D eigenvalue weighted by molar-refractivity contribution is -0.137. The summed E-state index contributed by atoms with van der Waals surface area (Å²) in [4.78, 5) is 0.0802. The van der Waals surface area contributed by atoms with Gasteiger partial charge in [-0.2, -0.15) is 0 Å². The van der Waals surface area contributed by atoms with Gasteiger partial charge in [0.2, 0.25) is 10.0 Å². The molecule has 4 nitrogen and oxygen atoms in total. The van der Waals surface area contributed by atoms with E-state index in [-0.39, 0.29) is 4.90 Å². The van der Waals surface area contributed by atoms with E-state index in [4.69, 9.17) is 0 Å². The Hall–Kier alpha value is -0.980. The van der Waals surface area contributed by atoms with Crippen molar-refractivity contribution in [1.29, 1.82) is 0 Å². The van der Waals surface area contributed by atoms with Crippen LogP contribution in [-0.4, -0.2) is 24.7 Å². The number of sulfonamides is 1. The van der Waals surface area contributed by atoms with E-state index in [1.165, 1.54) is 12.1 Å². The van der Waals surface area contributed by atoms with Gasteiger partial charge in [0.05, 0.1) is 10.5 Å². The lowest BCUT2D eigenvalue weighted by atomic mass is 9.51. The summed E-state index contributed by atoms with van der Waals surface area (Å²) in [7, 11) is -3.69. The van der Waals surface area contributed by atoms with E-state index < -0.39 is 27.0 Å². The fourth-order valence-electron chi connectivity index (χ4n) is 5.29. The molecule has 4 aliphatic carbocycles. The summed E-state index contributed by atoms with van der Waals surface area (Å²) in [6.45, 7) is 0. The predicted molar refractivity (Wildman–Crippen MR) is 79.1 cm³/mol. The van der Waals surface area contributed by atoms with Crippen molar-refractivity contribution in [2.45, 2.75) is 54.6 Å². The van der Waals surface area contributed by atoms with Crippen LogP contribution < -0.4 is 4.72 Å². The zero-order chi connectivity index (χ0) is 15.6. The van der Waals surface area contributed by atoms with Gasteiger partial charge in [0.1, 0.15) is 5.82 Å². The van der Waals surface area contributed by atoms with Crippen molar-refractivity contribution in [2.24, 2.45) is 11.8 Å². The number of aliphatic hydroxyl groups is 1. The quantitative estimate of drug-likeness (QED) is 0.895. The second-order valence-corrected chi connectivity index (χ2v) is 9.21. The van der Waals surface area contributed by atoms with Crippen LogP contribution >= 0.6 is 0 Å². The second kappa shape index (κ2) is 4.52. The van der Waals surface area contributed by atoms with E-state index in [0.717, 1.165) is 44.2 Å². The van der Waals surface area contributed by atoms with Crippen molar-refractivity contribution >= 4 is 10.0 Å². The molecule has 5 rings (SSSR count). The van der Waals surface area contributed by atoms with Gasteiger partial charge in [-0.15, -0.1) is 0 Å². The van der Waals surface area contributed by atoms with Crippen molar-refractivity contribution in [1.82, 2.24) is 4.72 Å². The number of hydrogen-bond donors (Lipinski definition) is 2. The van der Waals surface area contributed by atoms with Crippen LogP contribution in [0.25, 0.3) is 0 Å². The fourth-order valence-corrected chi connectivity index (χ4v) is 6.71. The lowest BCUT2D eigenvalue weighted by Crippen LogP contribution is -2.65. The molecule has 0 spiro atoms. The van der Waals surface area contributed by atoms with Gasteiger partial charge in [0.15, 0.2) is 0 Å². The summed E-state index contributed by atoms with van der Waals surface area (Å²) in [5.41, 5.74) is -1.25. The van der Waals surface area contributed by atoms with Crippen molar-refractivity contribution in [3.05, 3.63) is 30.1 Å². The first-order valence-corrected chi connectivity index (χ1v) is 9.28. The Morgan fingerprint density at radius 1 is 1.09 bits per heavy atom. The number of benzene rings is 1. The van der Waals surface area contributed by atoms with Gasteiger partial charge in [-0.25, -0.2) is 17.5 Å². The summed E-state index contributed by atoms with van der Waals surface area (Å²) in [6.07, 6.45) is 4.78. The van der Waals surface area contributed by atoms with Crippen LogP contribution in [0.1, 0.15) is 38.5 Å². The lowest BCUT2D eigenvalue weighted by Gasteiger charge is -2.60. The van der Waals surface area contributed by atoms with Crippen LogP contribution in [0.15, 0.2) is 29.2 Å². The molecular weight excluding hydrogens is 305 g/mol. The highest BCUT2D eigenvalue weighted by molar-refractivity contribution is 7.89. The second-order valence-electron chi connectivity index (χ2n) is 7.53. The van der Waals surface area contributed by atoms with Gasteiger partial charge in [0.25, 0.3) is 0 Å². The predicted octanol–water partition coefficient (Wildman–Crippen LogP) is 2.19. The van der Waals surface area contributed by atoms with Crippen molar-refractivity contribution in [3.8, 4) is 0 Å². The number of hydrogen-bond acceptors (Lipinski definition) is 3. The average molecular weight is 325 g/mol. The van der Waals surface area contributed by atoms with Gasteiger partial charge in [-0.3, -0.25) is 0 Å². The van der Waals surface area contributed by atoms with Crippen LogP contribution in [-0.2, 0) is 10.0 Å². The molecule has 0 saturated heterocycles. The highest BCUT2D eigenvalue weighted by Crippen LogP contribution is 2.57. The molecule has 4 bridgehead atoms. The molecule has 2 N–H and O–H groups in total. The summed E-state index contributed by atoms with van der Waals surface area (Å²) in [5.74, 6) is 0.354. The third-order valence-corrected chi connectivity index (χ3v) is 7.10. The van der Waals surface area contributed by atoms with Crippen molar-refractivity contribution in [3.63, 3.8) is 0 Å². The third kappa shape index (κ3) is 2.37. The Bertz CT molecular complexity index is 687. The molecule has 120 valence electrons. The van der Waals surface area contributed by atoms with Gasteiger partial charge in [-0.1, -0.05) is 0 Å². The fraction of sp³-hybridized carbons (Fsp3) is 0.625. The molecule has 6 heteroatoms. The molecule has 0 radical (unpaired) electrons. The summed E-state index contributed by atoms with van der Waals surface area (Å²) < 4.78 is 41.1. The molecule has 2 atom stereocenters. The largest absolute Gasteiger partial charge is 0.390 e. The van der Waals surface area contributed by atoms with Crippen LogP contribution in [0.3, 0.4) is 0 Å². The Morgan fingerprint density at radius 3 is 2.23 bits per heavy atom. The molecule has 0 aromatic heterocycles. The standard InChI is InChI=1S/C16H20FNO3S/c17-13-1-3-14(4-2-13)22(20,21)18-15-6-11-5-12(7-15)9-16(19,8-11)10-15/h1-4,11-12,18-19H,5-10H2. The average Bonchev–Trinajstić information content (AvgIpc) is 2.34. The Morgan fingerprint density at radius 2 is 1.68 bits per heavy atom. The SMILES string of the molecule is O=S(=O)(NC12CC3CC(CC(O)(C3)C1)C2)c1ccc(F)cc1. The molecular formula is C16H20FNO3S. The van der Waals surface area contributed by atoms with Crippen LogP contribution in [0.2, 0.25) is 0 Å².